The zero-order valence-corrected chi connectivity index (χ0v) is 16.9. The van der Waals surface area contributed by atoms with Gasteiger partial charge in [-0.15, -0.1) is 0 Å². The van der Waals surface area contributed by atoms with Crippen LogP contribution < -0.4 is 5.32 Å². The van der Waals surface area contributed by atoms with Crippen LogP contribution in [0.2, 0.25) is 0 Å². The van der Waals surface area contributed by atoms with Crippen LogP contribution in [0.1, 0.15) is 76.3 Å². The third-order valence-corrected chi connectivity index (χ3v) is 4.53. The molecule has 1 rings (SSSR count). The van der Waals surface area contributed by atoms with Crippen LogP contribution in [0.25, 0.3) is 0 Å². The Bertz CT molecular complexity index is 413. The van der Waals surface area contributed by atoms with Crippen LogP contribution >= 0.6 is 0 Å². The number of para-hydroxylation sites is 1. The van der Waals surface area contributed by atoms with Gasteiger partial charge in [0.2, 0.25) is 0 Å². The van der Waals surface area contributed by atoms with Gasteiger partial charge in [0, 0.05) is 18.9 Å². The summed E-state index contributed by atoms with van der Waals surface area (Å²) in [5.41, 5.74) is 3.74. The van der Waals surface area contributed by atoms with Crippen molar-refractivity contribution < 1.29 is 9.47 Å². The van der Waals surface area contributed by atoms with Crippen LogP contribution in [-0.4, -0.2) is 26.0 Å². The first kappa shape index (κ1) is 22.0. The van der Waals surface area contributed by atoms with E-state index in [9.17, 15) is 0 Å². The molecule has 0 amide bonds. The molecule has 0 bridgehead atoms. The summed E-state index contributed by atoms with van der Waals surface area (Å²) < 4.78 is 12.0. The Morgan fingerprint density at radius 3 is 1.80 bits per heavy atom. The SMILES string of the molecule is CCCCCCOC(CNc1c(C)cccc1C)OCCCCCC. The van der Waals surface area contributed by atoms with E-state index >= 15 is 0 Å². The Morgan fingerprint density at radius 2 is 1.32 bits per heavy atom. The maximum Gasteiger partial charge on any atom is 0.174 e. The molecule has 1 aromatic carbocycles. The monoisotopic (exact) mass is 349 g/mol. The number of ether oxygens (including phenoxy) is 2. The fourth-order valence-electron chi connectivity index (χ4n) is 2.93. The molecule has 0 saturated heterocycles. The Morgan fingerprint density at radius 1 is 0.800 bits per heavy atom. The minimum Gasteiger partial charge on any atom is -0.380 e. The molecule has 1 aromatic rings. The average molecular weight is 350 g/mol. The van der Waals surface area contributed by atoms with Crippen molar-refractivity contribution in [3.63, 3.8) is 0 Å². The molecule has 0 aliphatic rings. The zero-order valence-electron chi connectivity index (χ0n) is 16.9. The number of hydrogen-bond donors (Lipinski definition) is 1. The largest absolute Gasteiger partial charge is 0.380 e. The summed E-state index contributed by atoms with van der Waals surface area (Å²) in [5.74, 6) is 0. The van der Waals surface area contributed by atoms with Gasteiger partial charge in [-0.2, -0.15) is 0 Å². The van der Waals surface area contributed by atoms with E-state index in [2.05, 4.69) is 51.2 Å². The van der Waals surface area contributed by atoms with E-state index in [4.69, 9.17) is 9.47 Å². The summed E-state index contributed by atoms with van der Waals surface area (Å²) in [7, 11) is 0. The standard InChI is InChI=1S/C22H39NO2/c1-5-7-9-11-16-24-21(25-17-12-10-8-6-2)18-23-22-19(3)14-13-15-20(22)4/h13-15,21,23H,5-12,16-18H2,1-4H3. The van der Waals surface area contributed by atoms with Gasteiger partial charge in [0.15, 0.2) is 6.29 Å². The molecule has 0 heterocycles. The number of benzene rings is 1. The number of aryl methyl sites for hydroxylation is 2. The van der Waals surface area contributed by atoms with Crippen LogP contribution in [-0.2, 0) is 9.47 Å². The molecule has 0 spiro atoms. The summed E-state index contributed by atoms with van der Waals surface area (Å²) in [6, 6.07) is 6.38. The van der Waals surface area contributed by atoms with Crippen LogP contribution in [0.5, 0.6) is 0 Å². The molecule has 0 fully saturated rings. The van der Waals surface area contributed by atoms with Crippen molar-refractivity contribution in [2.24, 2.45) is 0 Å². The Kier molecular flexibility index (Phi) is 12.4. The molecule has 0 unspecified atom stereocenters. The van der Waals surface area contributed by atoms with E-state index in [0.717, 1.165) is 26.1 Å². The Labute approximate surface area is 155 Å². The highest BCUT2D eigenvalue weighted by Gasteiger charge is 2.11. The van der Waals surface area contributed by atoms with E-state index < -0.39 is 0 Å². The van der Waals surface area contributed by atoms with Crippen LogP contribution in [0.4, 0.5) is 5.69 Å². The molecule has 0 aromatic heterocycles. The molecule has 0 saturated carbocycles. The molecule has 1 N–H and O–H groups in total. The zero-order chi connectivity index (χ0) is 18.3. The highest BCUT2D eigenvalue weighted by atomic mass is 16.7. The van der Waals surface area contributed by atoms with Gasteiger partial charge >= 0.3 is 0 Å². The van der Waals surface area contributed by atoms with Crippen molar-refractivity contribution in [3.05, 3.63) is 29.3 Å². The van der Waals surface area contributed by atoms with Gasteiger partial charge < -0.3 is 14.8 Å². The van der Waals surface area contributed by atoms with Gasteiger partial charge in [-0.1, -0.05) is 70.6 Å². The molecular formula is C22H39NO2. The lowest BCUT2D eigenvalue weighted by atomic mass is 10.1. The van der Waals surface area contributed by atoms with E-state index in [1.54, 1.807) is 0 Å². The van der Waals surface area contributed by atoms with E-state index in [0.29, 0.717) is 6.54 Å². The fraction of sp³-hybridized carbons (Fsp3) is 0.727. The summed E-state index contributed by atoms with van der Waals surface area (Å²) in [6.45, 7) is 11.0. The van der Waals surface area contributed by atoms with Crippen molar-refractivity contribution in [2.45, 2.75) is 85.4 Å². The molecule has 0 aliphatic heterocycles. The molecular weight excluding hydrogens is 310 g/mol. The highest BCUT2D eigenvalue weighted by Crippen LogP contribution is 2.19. The summed E-state index contributed by atoms with van der Waals surface area (Å²) in [6.07, 6.45) is 9.63. The minimum atomic E-state index is -0.165. The van der Waals surface area contributed by atoms with Gasteiger partial charge in [0.25, 0.3) is 0 Å². The molecule has 0 atom stereocenters. The van der Waals surface area contributed by atoms with Crippen LogP contribution in [0.3, 0.4) is 0 Å². The van der Waals surface area contributed by atoms with E-state index in [-0.39, 0.29) is 6.29 Å². The molecule has 3 nitrogen and oxygen atoms in total. The number of unbranched alkanes of at least 4 members (excludes halogenated alkanes) is 6. The molecule has 25 heavy (non-hydrogen) atoms. The molecule has 0 aliphatic carbocycles. The quantitative estimate of drug-likeness (QED) is 0.300. The first-order valence-electron chi connectivity index (χ1n) is 10.2. The fourth-order valence-corrected chi connectivity index (χ4v) is 2.93. The summed E-state index contributed by atoms with van der Waals surface area (Å²) in [4.78, 5) is 0. The number of rotatable bonds is 15. The topological polar surface area (TPSA) is 30.5 Å². The van der Waals surface area contributed by atoms with Crippen LogP contribution in [0.15, 0.2) is 18.2 Å². The van der Waals surface area contributed by atoms with Crippen molar-refractivity contribution >= 4 is 5.69 Å². The number of nitrogens with one attached hydrogen (secondary N) is 1. The van der Waals surface area contributed by atoms with Crippen molar-refractivity contribution in [3.8, 4) is 0 Å². The minimum absolute atomic E-state index is 0.165. The third-order valence-electron chi connectivity index (χ3n) is 4.53. The highest BCUT2D eigenvalue weighted by molar-refractivity contribution is 5.56. The van der Waals surface area contributed by atoms with Gasteiger partial charge in [-0.05, 0) is 37.8 Å². The first-order valence-corrected chi connectivity index (χ1v) is 10.2. The lowest BCUT2D eigenvalue weighted by Crippen LogP contribution is -2.28. The smallest absolute Gasteiger partial charge is 0.174 e. The molecule has 0 radical (unpaired) electrons. The second-order valence-electron chi connectivity index (χ2n) is 6.94. The van der Waals surface area contributed by atoms with E-state index in [1.807, 2.05) is 0 Å². The maximum absolute atomic E-state index is 6.01. The van der Waals surface area contributed by atoms with Crippen molar-refractivity contribution in [1.82, 2.24) is 0 Å². The normalized spacial score (nSPS) is 11.2. The van der Waals surface area contributed by atoms with Gasteiger partial charge in [-0.3, -0.25) is 0 Å². The summed E-state index contributed by atoms with van der Waals surface area (Å²) >= 11 is 0. The predicted octanol–water partition coefficient (Wildman–Crippen LogP) is 6.24. The maximum atomic E-state index is 6.01. The third kappa shape index (κ3) is 9.86. The average Bonchev–Trinajstić information content (AvgIpc) is 2.60. The molecule has 144 valence electrons. The first-order chi connectivity index (χ1) is 12.2. The van der Waals surface area contributed by atoms with Gasteiger partial charge in [0.1, 0.15) is 0 Å². The molecule has 3 heteroatoms. The van der Waals surface area contributed by atoms with Gasteiger partial charge in [0.05, 0.1) is 6.54 Å². The van der Waals surface area contributed by atoms with Gasteiger partial charge in [-0.25, -0.2) is 0 Å². The van der Waals surface area contributed by atoms with Crippen molar-refractivity contribution in [1.29, 1.82) is 0 Å². The van der Waals surface area contributed by atoms with Crippen LogP contribution in [0, 0.1) is 13.8 Å². The van der Waals surface area contributed by atoms with Crippen molar-refractivity contribution in [2.75, 3.05) is 25.1 Å². The number of hydrogen-bond acceptors (Lipinski definition) is 3. The van der Waals surface area contributed by atoms with E-state index in [1.165, 1.54) is 55.3 Å². The summed E-state index contributed by atoms with van der Waals surface area (Å²) in [5, 5.41) is 3.54. The number of anilines is 1. The predicted molar refractivity (Wildman–Crippen MR) is 108 cm³/mol. The Balaban J connectivity index is 2.42. The lowest BCUT2D eigenvalue weighted by Gasteiger charge is -2.21. The second-order valence-corrected chi connectivity index (χ2v) is 6.94. The Hall–Kier alpha value is -1.06. The lowest BCUT2D eigenvalue weighted by molar-refractivity contribution is -0.134. The second kappa shape index (κ2) is 14.1.